The molecule has 2 heterocycles. The first-order chi connectivity index (χ1) is 16.9. The second-order valence-electron chi connectivity index (χ2n) is 9.12. The number of carbonyl (C=O) groups is 1. The molecule has 5 heteroatoms. The molecule has 0 bridgehead atoms. The van der Waals surface area contributed by atoms with Crippen molar-refractivity contribution in [3.8, 4) is 5.75 Å². The van der Waals surface area contributed by atoms with E-state index in [0.717, 1.165) is 27.8 Å². The number of hydrogen-bond donors (Lipinski definition) is 0. The van der Waals surface area contributed by atoms with E-state index in [9.17, 15) is 9.59 Å². The molecule has 4 aromatic rings. The van der Waals surface area contributed by atoms with Crippen LogP contribution in [0.25, 0.3) is 11.0 Å². The van der Waals surface area contributed by atoms with Crippen LogP contribution in [0.5, 0.6) is 5.75 Å². The number of hydrogen-bond acceptors (Lipinski definition) is 4. The number of nitrogens with zero attached hydrogens (tertiary/aromatic N) is 1. The third kappa shape index (κ3) is 4.03. The lowest BCUT2D eigenvalue weighted by Gasteiger charge is -2.25. The highest BCUT2D eigenvalue weighted by molar-refractivity contribution is 5.99. The molecule has 176 valence electrons. The van der Waals surface area contributed by atoms with Gasteiger partial charge in [-0.05, 0) is 61.2 Å². The number of fused-ring (bicyclic) bond motifs is 2. The molecule has 35 heavy (non-hydrogen) atoms. The molecule has 5 rings (SSSR count). The van der Waals surface area contributed by atoms with E-state index in [4.69, 9.17) is 9.15 Å². The fraction of sp³-hybridized carbons (Fsp3) is 0.200. The standard InChI is InChI=1S/C30H27NO4/c1-5-14-34-23-12-10-22(11-13-23)26-25-27(32)24-16-19(3)15-20(4)28(24)35-29(25)30(33)31(26)17-21-8-6-18(2)7-9-21/h5-13,15-16,26H,1,14,17H2,2-4H3. The van der Waals surface area contributed by atoms with Gasteiger partial charge in [0.1, 0.15) is 17.9 Å². The van der Waals surface area contributed by atoms with Gasteiger partial charge < -0.3 is 14.1 Å². The number of carbonyl (C=O) groups excluding carboxylic acids is 1. The summed E-state index contributed by atoms with van der Waals surface area (Å²) in [5.74, 6) is 0.537. The fourth-order valence-electron chi connectivity index (χ4n) is 4.78. The highest BCUT2D eigenvalue weighted by atomic mass is 16.5. The zero-order valence-corrected chi connectivity index (χ0v) is 20.1. The van der Waals surface area contributed by atoms with Gasteiger partial charge in [0, 0.05) is 6.54 Å². The van der Waals surface area contributed by atoms with Crippen LogP contribution in [0.15, 0.2) is 82.5 Å². The number of rotatable bonds is 6. The van der Waals surface area contributed by atoms with Gasteiger partial charge in [-0.2, -0.15) is 0 Å². The maximum absolute atomic E-state index is 13.8. The predicted molar refractivity (Wildman–Crippen MR) is 137 cm³/mol. The summed E-state index contributed by atoms with van der Waals surface area (Å²) in [6.07, 6.45) is 1.68. The van der Waals surface area contributed by atoms with Crippen LogP contribution in [-0.2, 0) is 6.54 Å². The van der Waals surface area contributed by atoms with Crippen LogP contribution in [-0.4, -0.2) is 17.4 Å². The van der Waals surface area contributed by atoms with E-state index in [-0.39, 0.29) is 17.1 Å². The van der Waals surface area contributed by atoms with E-state index in [1.165, 1.54) is 0 Å². The number of amides is 1. The Kier molecular flexibility index (Phi) is 5.77. The van der Waals surface area contributed by atoms with Gasteiger partial charge in [-0.3, -0.25) is 9.59 Å². The molecule has 0 N–H and O–H groups in total. The molecule has 1 unspecified atom stereocenters. The average molecular weight is 466 g/mol. The van der Waals surface area contributed by atoms with Crippen LogP contribution in [0.2, 0.25) is 0 Å². The molecular weight excluding hydrogens is 438 g/mol. The zero-order chi connectivity index (χ0) is 24.7. The van der Waals surface area contributed by atoms with Gasteiger partial charge in [-0.15, -0.1) is 0 Å². The summed E-state index contributed by atoms with van der Waals surface area (Å²) in [5.41, 5.74) is 5.46. The van der Waals surface area contributed by atoms with Gasteiger partial charge >= 0.3 is 0 Å². The molecule has 1 aromatic heterocycles. The van der Waals surface area contributed by atoms with Gasteiger partial charge in [0.25, 0.3) is 5.91 Å². The van der Waals surface area contributed by atoms with Crippen molar-refractivity contribution in [3.63, 3.8) is 0 Å². The maximum atomic E-state index is 13.8. The van der Waals surface area contributed by atoms with Crippen LogP contribution in [0.4, 0.5) is 0 Å². The van der Waals surface area contributed by atoms with Crippen LogP contribution < -0.4 is 10.2 Å². The molecular formula is C30H27NO4. The average Bonchev–Trinajstić information content (AvgIpc) is 3.12. The molecule has 0 aliphatic carbocycles. The van der Waals surface area contributed by atoms with E-state index < -0.39 is 6.04 Å². The Hall–Kier alpha value is -4.12. The molecule has 1 atom stereocenters. The molecule has 0 fully saturated rings. The minimum atomic E-state index is -0.561. The SMILES string of the molecule is C=CCOc1ccc(C2c3c(oc4c(C)cc(C)cc4c3=O)C(=O)N2Cc2ccc(C)cc2)cc1. The molecule has 1 aliphatic heterocycles. The third-order valence-electron chi connectivity index (χ3n) is 6.43. The monoisotopic (exact) mass is 465 g/mol. The van der Waals surface area contributed by atoms with Gasteiger partial charge in [-0.25, -0.2) is 0 Å². The van der Waals surface area contributed by atoms with Gasteiger partial charge in [0.05, 0.1) is 17.0 Å². The summed E-state index contributed by atoms with van der Waals surface area (Å²) in [5, 5.41) is 0.502. The van der Waals surface area contributed by atoms with E-state index >= 15 is 0 Å². The summed E-state index contributed by atoms with van der Waals surface area (Å²) in [6.45, 7) is 10.3. The van der Waals surface area contributed by atoms with Crippen molar-refractivity contribution in [1.29, 1.82) is 0 Å². The summed E-state index contributed by atoms with van der Waals surface area (Å²) >= 11 is 0. The first kappa shape index (κ1) is 22.7. The summed E-state index contributed by atoms with van der Waals surface area (Å²) in [6, 6.07) is 18.8. The summed E-state index contributed by atoms with van der Waals surface area (Å²) in [4.78, 5) is 29.2. The Labute approximate surface area is 204 Å². The minimum absolute atomic E-state index is 0.124. The first-order valence-electron chi connectivity index (χ1n) is 11.7. The Bertz CT molecular complexity index is 1500. The van der Waals surface area contributed by atoms with Crippen molar-refractivity contribution >= 4 is 16.9 Å². The third-order valence-corrected chi connectivity index (χ3v) is 6.43. The van der Waals surface area contributed by atoms with Crippen LogP contribution in [0, 0.1) is 20.8 Å². The van der Waals surface area contributed by atoms with E-state index in [1.54, 1.807) is 11.0 Å². The second kappa shape index (κ2) is 8.91. The lowest BCUT2D eigenvalue weighted by atomic mass is 9.97. The quantitative estimate of drug-likeness (QED) is 0.326. The lowest BCUT2D eigenvalue weighted by molar-refractivity contribution is 0.0714. The van der Waals surface area contributed by atoms with Crippen molar-refractivity contribution < 1.29 is 13.9 Å². The highest BCUT2D eigenvalue weighted by Gasteiger charge is 2.42. The van der Waals surface area contributed by atoms with Crippen molar-refractivity contribution in [2.45, 2.75) is 33.4 Å². The molecule has 5 nitrogen and oxygen atoms in total. The lowest BCUT2D eigenvalue weighted by Crippen LogP contribution is -2.29. The van der Waals surface area contributed by atoms with Crippen LogP contribution >= 0.6 is 0 Å². The van der Waals surface area contributed by atoms with Gasteiger partial charge in [0.2, 0.25) is 5.76 Å². The maximum Gasteiger partial charge on any atom is 0.291 e. The van der Waals surface area contributed by atoms with Gasteiger partial charge in [0.15, 0.2) is 5.43 Å². The van der Waals surface area contributed by atoms with Crippen LogP contribution in [0.1, 0.15) is 50.0 Å². The molecule has 1 amide bonds. The summed E-state index contributed by atoms with van der Waals surface area (Å²) < 4.78 is 11.8. The molecule has 0 radical (unpaired) electrons. The molecule has 0 saturated carbocycles. The van der Waals surface area contributed by atoms with Crippen molar-refractivity contribution in [3.05, 3.63) is 123 Å². The molecule has 3 aromatic carbocycles. The van der Waals surface area contributed by atoms with Crippen LogP contribution in [0.3, 0.4) is 0 Å². The smallest absolute Gasteiger partial charge is 0.291 e. The normalized spacial score (nSPS) is 14.9. The Morgan fingerprint density at radius 2 is 1.69 bits per heavy atom. The van der Waals surface area contributed by atoms with E-state index in [1.807, 2.05) is 81.4 Å². The van der Waals surface area contributed by atoms with E-state index in [2.05, 4.69) is 6.58 Å². The Morgan fingerprint density at radius 3 is 2.37 bits per heavy atom. The number of ether oxygens (including phenoxy) is 1. The Balaban J connectivity index is 1.68. The van der Waals surface area contributed by atoms with Crippen molar-refractivity contribution in [2.75, 3.05) is 6.61 Å². The van der Waals surface area contributed by atoms with Crippen molar-refractivity contribution in [2.24, 2.45) is 0 Å². The molecule has 1 aliphatic rings. The Morgan fingerprint density at radius 1 is 0.971 bits per heavy atom. The predicted octanol–water partition coefficient (Wildman–Crippen LogP) is 6.03. The summed E-state index contributed by atoms with van der Waals surface area (Å²) in [7, 11) is 0. The largest absolute Gasteiger partial charge is 0.490 e. The first-order valence-corrected chi connectivity index (χ1v) is 11.7. The number of aryl methyl sites for hydroxylation is 3. The van der Waals surface area contributed by atoms with E-state index in [0.29, 0.717) is 35.4 Å². The second-order valence-corrected chi connectivity index (χ2v) is 9.12. The van der Waals surface area contributed by atoms with Crippen molar-refractivity contribution in [1.82, 2.24) is 4.90 Å². The fourth-order valence-corrected chi connectivity index (χ4v) is 4.78. The minimum Gasteiger partial charge on any atom is -0.490 e. The molecule has 0 saturated heterocycles. The van der Waals surface area contributed by atoms with Gasteiger partial charge in [-0.1, -0.05) is 60.7 Å². The molecule has 0 spiro atoms. The topological polar surface area (TPSA) is 59.8 Å². The zero-order valence-electron chi connectivity index (χ0n) is 20.1. The highest BCUT2D eigenvalue weighted by Crippen LogP contribution is 2.40. The number of benzene rings is 3.